The Labute approximate surface area is 85.3 Å². The lowest BCUT2D eigenvalue weighted by Crippen LogP contribution is -2.48. The zero-order valence-electron chi connectivity index (χ0n) is 8.62. The summed E-state index contributed by atoms with van der Waals surface area (Å²) in [5.74, 6) is 0. The highest BCUT2D eigenvalue weighted by molar-refractivity contribution is 5.21. The summed E-state index contributed by atoms with van der Waals surface area (Å²) in [5.41, 5.74) is 2.68. The average molecular weight is 191 g/mol. The molecule has 1 heterocycles. The van der Waals surface area contributed by atoms with E-state index in [9.17, 15) is 0 Å². The van der Waals surface area contributed by atoms with Gasteiger partial charge in [0.15, 0.2) is 0 Å². The number of hydrogen-bond donors (Lipinski definition) is 1. The van der Waals surface area contributed by atoms with Crippen LogP contribution in [0.25, 0.3) is 0 Å². The average Bonchev–Trinajstić information content (AvgIpc) is 2.12. The fourth-order valence-electron chi connectivity index (χ4n) is 1.48. The fourth-order valence-corrected chi connectivity index (χ4v) is 1.48. The Morgan fingerprint density at radius 1 is 1.29 bits per heavy atom. The number of benzene rings is 1. The number of hydrogen-bond acceptors (Lipinski definition) is 2. The molecule has 1 aliphatic heterocycles. The molecule has 0 aromatic heterocycles. The van der Waals surface area contributed by atoms with Gasteiger partial charge in [0.05, 0.1) is 12.7 Å². The first-order valence-electron chi connectivity index (χ1n) is 5.22. The van der Waals surface area contributed by atoms with Crippen LogP contribution in [0.2, 0.25) is 0 Å². The Hall–Kier alpha value is -0.860. The van der Waals surface area contributed by atoms with Crippen molar-refractivity contribution in [2.75, 3.05) is 19.7 Å². The molecule has 1 aromatic rings. The lowest BCUT2D eigenvalue weighted by Gasteiger charge is -2.27. The number of ether oxygens (including phenoxy) is 1. The van der Waals surface area contributed by atoms with Crippen molar-refractivity contribution in [2.45, 2.75) is 19.4 Å². The molecule has 0 atom stereocenters. The molecule has 1 aromatic carbocycles. The van der Waals surface area contributed by atoms with Crippen molar-refractivity contribution in [1.82, 2.24) is 5.32 Å². The van der Waals surface area contributed by atoms with Crippen LogP contribution < -0.4 is 5.32 Å². The molecular formula is C12H17NO. The molecule has 1 fully saturated rings. The molecule has 76 valence electrons. The SMILES string of the molecule is Cc1ccc(CCOC2CNC2)cc1. The molecule has 0 unspecified atom stereocenters. The standard InChI is InChI=1S/C12H17NO/c1-10-2-4-11(5-3-10)6-7-14-12-8-13-9-12/h2-5,12-13H,6-9H2,1H3. The minimum atomic E-state index is 0.459. The van der Waals surface area contributed by atoms with Gasteiger partial charge in [-0.2, -0.15) is 0 Å². The van der Waals surface area contributed by atoms with Gasteiger partial charge in [0.1, 0.15) is 0 Å². The summed E-state index contributed by atoms with van der Waals surface area (Å²) in [6.07, 6.45) is 1.48. The molecule has 0 spiro atoms. The van der Waals surface area contributed by atoms with Crippen LogP contribution in [-0.4, -0.2) is 25.8 Å². The van der Waals surface area contributed by atoms with Crippen LogP contribution in [0.15, 0.2) is 24.3 Å². The van der Waals surface area contributed by atoms with E-state index in [0.29, 0.717) is 6.10 Å². The van der Waals surface area contributed by atoms with Gasteiger partial charge in [0.25, 0.3) is 0 Å². The maximum atomic E-state index is 5.65. The van der Waals surface area contributed by atoms with Crippen LogP contribution in [0.3, 0.4) is 0 Å². The lowest BCUT2D eigenvalue weighted by atomic mass is 10.1. The van der Waals surface area contributed by atoms with E-state index in [-0.39, 0.29) is 0 Å². The van der Waals surface area contributed by atoms with E-state index in [1.165, 1.54) is 11.1 Å². The number of aryl methyl sites for hydroxylation is 1. The van der Waals surface area contributed by atoms with Crippen molar-refractivity contribution in [3.8, 4) is 0 Å². The summed E-state index contributed by atoms with van der Waals surface area (Å²) < 4.78 is 5.65. The van der Waals surface area contributed by atoms with Crippen LogP contribution in [0.5, 0.6) is 0 Å². The first-order valence-corrected chi connectivity index (χ1v) is 5.22. The van der Waals surface area contributed by atoms with E-state index in [1.54, 1.807) is 0 Å². The summed E-state index contributed by atoms with van der Waals surface area (Å²) in [7, 11) is 0. The summed E-state index contributed by atoms with van der Waals surface area (Å²) in [4.78, 5) is 0. The van der Waals surface area contributed by atoms with E-state index in [1.807, 2.05) is 0 Å². The first kappa shape index (κ1) is 9.69. The third kappa shape index (κ3) is 2.56. The van der Waals surface area contributed by atoms with Crippen molar-refractivity contribution in [3.63, 3.8) is 0 Å². The molecule has 2 rings (SSSR count). The van der Waals surface area contributed by atoms with Crippen LogP contribution in [0, 0.1) is 6.92 Å². The Balaban J connectivity index is 1.71. The van der Waals surface area contributed by atoms with Crippen molar-refractivity contribution < 1.29 is 4.74 Å². The van der Waals surface area contributed by atoms with E-state index >= 15 is 0 Å². The Kier molecular flexibility index (Phi) is 3.17. The molecule has 1 N–H and O–H groups in total. The molecule has 0 saturated carbocycles. The normalized spacial score (nSPS) is 16.6. The van der Waals surface area contributed by atoms with Gasteiger partial charge < -0.3 is 10.1 Å². The summed E-state index contributed by atoms with van der Waals surface area (Å²) >= 11 is 0. The predicted octanol–water partition coefficient (Wildman–Crippen LogP) is 1.53. The highest BCUT2D eigenvalue weighted by Gasteiger charge is 2.16. The van der Waals surface area contributed by atoms with Crippen LogP contribution in [0.4, 0.5) is 0 Å². The van der Waals surface area contributed by atoms with Crippen molar-refractivity contribution in [2.24, 2.45) is 0 Å². The van der Waals surface area contributed by atoms with Gasteiger partial charge in [0, 0.05) is 13.1 Å². The van der Waals surface area contributed by atoms with Crippen molar-refractivity contribution >= 4 is 0 Å². The summed E-state index contributed by atoms with van der Waals surface area (Å²) in [6, 6.07) is 8.66. The summed E-state index contributed by atoms with van der Waals surface area (Å²) in [6.45, 7) is 5.00. The maximum absolute atomic E-state index is 5.65. The summed E-state index contributed by atoms with van der Waals surface area (Å²) in [5, 5.41) is 3.19. The third-order valence-electron chi connectivity index (χ3n) is 2.61. The molecule has 0 amide bonds. The molecule has 0 bridgehead atoms. The minimum absolute atomic E-state index is 0.459. The number of rotatable bonds is 4. The fraction of sp³-hybridized carbons (Fsp3) is 0.500. The molecule has 0 aliphatic carbocycles. The second-order valence-electron chi connectivity index (χ2n) is 3.89. The van der Waals surface area contributed by atoms with Gasteiger partial charge in [-0.15, -0.1) is 0 Å². The second-order valence-corrected chi connectivity index (χ2v) is 3.89. The lowest BCUT2D eigenvalue weighted by molar-refractivity contribution is 0.0208. The molecule has 1 aliphatic rings. The maximum Gasteiger partial charge on any atom is 0.0823 e. The van der Waals surface area contributed by atoms with Gasteiger partial charge in [-0.25, -0.2) is 0 Å². The van der Waals surface area contributed by atoms with Crippen LogP contribution in [-0.2, 0) is 11.2 Å². The Morgan fingerprint density at radius 2 is 2.00 bits per heavy atom. The molecule has 14 heavy (non-hydrogen) atoms. The third-order valence-corrected chi connectivity index (χ3v) is 2.61. The van der Waals surface area contributed by atoms with Gasteiger partial charge in [-0.05, 0) is 18.9 Å². The van der Waals surface area contributed by atoms with Gasteiger partial charge in [-0.1, -0.05) is 29.8 Å². The molecular weight excluding hydrogens is 174 g/mol. The largest absolute Gasteiger partial charge is 0.375 e. The molecule has 2 heteroatoms. The molecule has 0 radical (unpaired) electrons. The van der Waals surface area contributed by atoms with Crippen molar-refractivity contribution in [3.05, 3.63) is 35.4 Å². The van der Waals surface area contributed by atoms with Gasteiger partial charge in [0.2, 0.25) is 0 Å². The predicted molar refractivity (Wildman–Crippen MR) is 57.5 cm³/mol. The van der Waals surface area contributed by atoms with Gasteiger partial charge >= 0.3 is 0 Å². The minimum Gasteiger partial charge on any atom is -0.375 e. The Morgan fingerprint density at radius 3 is 2.57 bits per heavy atom. The zero-order chi connectivity index (χ0) is 9.80. The van der Waals surface area contributed by atoms with Crippen molar-refractivity contribution in [1.29, 1.82) is 0 Å². The monoisotopic (exact) mass is 191 g/mol. The zero-order valence-corrected chi connectivity index (χ0v) is 8.62. The van der Waals surface area contributed by atoms with E-state index in [4.69, 9.17) is 4.74 Å². The quantitative estimate of drug-likeness (QED) is 0.779. The van der Waals surface area contributed by atoms with E-state index in [2.05, 4.69) is 36.5 Å². The Bertz CT molecular complexity index is 277. The van der Waals surface area contributed by atoms with E-state index in [0.717, 1.165) is 26.1 Å². The highest BCUT2D eigenvalue weighted by Crippen LogP contribution is 2.05. The topological polar surface area (TPSA) is 21.3 Å². The molecule has 1 saturated heterocycles. The smallest absolute Gasteiger partial charge is 0.0823 e. The van der Waals surface area contributed by atoms with E-state index < -0.39 is 0 Å². The van der Waals surface area contributed by atoms with Crippen LogP contribution in [0.1, 0.15) is 11.1 Å². The first-order chi connectivity index (χ1) is 6.84. The number of nitrogens with one attached hydrogen (secondary N) is 1. The highest BCUT2D eigenvalue weighted by atomic mass is 16.5. The van der Waals surface area contributed by atoms with Crippen LogP contribution >= 0.6 is 0 Å². The molecule has 2 nitrogen and oxygen atoms in total. The second kappa shape index (κ2) is 4.58. The van der Waals surface area contributed by atoms with Gasteiger partial charge in [-0.3, -0.25) is 0 Å².